The molecular formula is C38H51F5N2O6. The summed E-state index contributed by atoms with van der Waals surface area (Å²) in [6.45, 7) is 10.4. The van der Waals surface area contributed by atoms with Crippen LogP contribution in [0.2, 0.25) is 0 Å². The first-order valence-electron chi connectivity index (χ1n) is 17.3. The lowest BCUT2D eigenvalue weighted by molar-refractivity contribution is -0.274. The molecule has 1 atom stereocenters. The van der Waals surface area contributed by atoms with E-state index in [1.165, 1.54) is 24.3 Å². The maximum atomic E-state index is 14.6. The van der Waals surface area contributed by atoms with E-state index >= 15 is 0 Å². The minimum atomic E-state index is -4.97. The molecular weight excluding hydrogens is 675 g/mol. The molecule has 1 heterocycles. The Morgan fingerprint density at radius 3 is 2.10 bits per heavy atom. The van der Waals surface area contributed by atoms with Crippen LogP contribution >= 0.6 is 0 Å². The molecule has 3 rings (SSSR count). The number of ether oxygens (including phenoxy) is 3. The highest BCUT2D eigenvalue weighted by atomic mass is 19.4. The van der Waals surface area contributed by atoms with Gasteiger partial charge < -0.3 is 30.1 Å². The van der Waals surface area contributed by atoms with Gasteiger partial charge in [-0.15, -0.1) is 13.2 Å². The molecule has 0 radical (unpaired) electrons. The number of carbonyl (C=O) groups excluding carboxylic acids is 1. The van der Waals surface area contributed by atoms with Gasteiger partial charge in [-0.05, 0) is 96.6 Å². The molecule has 51 heavy (non-hydrogen) atoms. The summed E-state index contributed by atoms with van der Waals surface area (Å²) in [5.41, 5.74) is 9.34. The van der Waals surface area contributed by atoms with E-state index in [2.05, 4.69) is 4.74 Å². The second-order valence-corrected chi connectivity index (χ2v) is 14.7. The molecule has 0 saturated carbocycles. The first-order chi connectivity index (χ1) is 23.5. The van der Waals surface area contributed by atoms with E-state index in [9.17, 15) is 31.5 Å². The third kappa shape index (κ3) is 12.5. The minimum absolute atomic E-state index is 0.00908. The molecule has 2 aromatic carbocycles. The molecule has 0 fully saturated rings. The highest BCUT2D eigenvalue weighted by molar-refractivity contribution is 5.84. The molecule has 1 aromatic heterocycles. The second kappa shape index (κ2) is 16.8. The van der Waals surface area contributed by atoms with Crippen LogP contribution in [-0.4, -0.2) is 42.5 Å². The Balaban J connectivity index is 1.58. The van der Waals surface area contributed by atoms with Gasteiger partial charge >= 0.3 is 18.0 Å². The summed E-state index contributed by atoms with van der Waals surface area (Å²) < 4.78 is 89.7. The van der Waals surface area contributed by atoms with Crippen molar-refractivity contribution in [3.8, 4) is 22.6 Å². The van der Waals surface area contributed by atoms with Gasteiger partial charge in [-0.3, -0.25) is 4.79 Å². The maximum absolute atomic E-state index is 14.6. The SMILES string of the molecule is CCCCCc1ccc(-c2cc3ccc(OCCCC(F)(F)CCCOC(=O)C(C)(CC(C)(C)N)C(C)(C)N)cc3oc2=O)c(OC(F)(F)F)c1. The lowest BCUT2D eigenvalue weighted by Crippen LogP contribution is -2.58. The van der Waals surface area contributed by atoms with Crippen molar-refractivity contribution in [1.29, 1.82) is 0 Å². The first kappa shape index (κ1) is 41.7. The Hall–Kier alpha value is -3.71. The van der Waals surface area contributed by atoms with Crippen molar-refractivity contribution >= 4 is 16.9 Å². The highest BCUT2D eigenvalue weighted by Gasteiger charge is 2.48. The fourth-order valence-corrected chi connectivity index (χ4v) is 5.88. The van der Waals surface area contributed by atoms with Crippen LogP contribution in [0.4, 0.5) is 22.0 Å². The molecule has 0 aliphatic heterocycles. The van der Waals surface area contributed by atoms with Crippen LogP contribution < -0.4 is 26.6 Å². The molecule has 0 saturated heterocycles. The monoisotopic (exact) mass is 726 g/mol. The van der Waals surface area contributed by atoms with Crippen molar-refractivity contribution in [2.75, 3.05) is 13.2 Å². The average Bonchev–Trinajstić information content (AvgIpc) is 2.99. The zero-order chi connectivity index (χ0) is 38.3. The molecule has 8 nitrogen and oxygen atoms in total. The van der Waals surface area contributed by atoms with E-state index in [0.717, 1.165) is 19.3 Å². The Bertz CT molecular complexity index is 1680. The third-order valence-electron chi connectivity index (χ3n) is 8.90. The quantitative estimate of drug-likeness (QED) is 0.0542. The van der Waals surface area contributed by atoms with E-state index in [0.29, 0.717) is 17.4 Å². The van der Waals surface area contributed by atoms with E-state index in [4.69, 9.17) is 25.4 Å². The summed E-state index contributed by atoms with van der Waals surface area (Å²) in [6, 6.07) is 10.3. The normalized spacial score (nSPS) is 14.0. The molecule has 0 aliphatic rings. The zero-order valence-electron chi connectivity index (χ0n) is 30.3. The van der Waals surface area contributed by atoms with Crippen LogP contribution in [0.3, 0.4) is 0 Å². The van der Waals surface area contributed by atoms with Gasteiger partial charge in [-0.2, -0.15) is 0 Å². The van der Waals surface area contributed by atoms with Gasteiger partial charge in [-0.1, -0.05) is 31.9 Å². The number of hydrogen-bond acceptors (Lipinski definition) is 8. The van der Waals surface area contributed by atoms with Crippen LogP contribution in [0.5, 0.6) is 11.5 Å². The predicted octanol–water partition coefficient (Wildman–Crippen LogP) is 9.08. The van der Waals surface area contributed by atoms with Gasteiger partial charge in [0.1, 0.15) is 17.1 Å². The molecule has 1 unspecified atom stereocenters. The van der Waals surface area contributed by atoms with Gasteiger partial charge in [0, 0.05) is 40.9 Å². The lowest BCUT2D eigenvalue weighted by atomic mass is 9.67. The van der Waals surface area contributed by atoms with Crippen LogP contribution in [0.15, 0.2) is 51.7 Å². The predicted molar refractivity (Wildman–Crippen MR) is 187 cm³/mol. The lowest BCUT2D eigenvalue weighted by Gasteiger charge is -2.42. The van der Waals surface area contributed by atoms with Gasteiger partial charge in [0.05, 0.1) is 24.2 Å². The number of halogens is 5. The van der Waals surface area contributed by atoms with Gasteiger partial charge in [0.15, 0.2) is 0 Å². The maximum Gasteiger partial charge on any atom is 0.573 e. The topological polar surface area (TPSA) is 127 Å². The summed E-state index contributed by atoms with van der Waals surface area (Å²) in [5.74, 6) is -3.84. The van der Waals surface area contributed by atoms with Crippen molar-refractivity contribution in [3.05, 3.63) is 58.4 Å². The van der Waals surface area contributed by atoms with Gasteiger partial charge in [0.25, 0.3) is 0 Å². The molecule has 284 valence electrons. The summed E-state index contributed by atoms with van der Waals surface area (Å²) in [7, 11) is 0. The molecule has 0 bridgehead atoms. The Morgan fingerprint density at radius 1 is 0.824 bits per heavy atom. The van der Waals surface area contributed by atoms with Gasteiger partial charge in [-0.25, -0.2) is 13.6 Å². The number of nitrogens with two attached hydrogens (primary N) is 2. The second-order valence-electron chi connectivity index (χ2n) is 14.7. The smallest absolute Gasteiger partial charge is 0.493 e. The van der Waals surface area contributed by atoms with Gasteiger partial charge in [0.2, 0.25) is 5.92 Å². The summed E-state index contributed by atoms with van der Waals surface area (Å²) >= 11 is 0. The van der Waals surface area contributed by atoms with Crippen LogP contribution in [0.25, 0.3) is 22.1 Å². The molecule has 0 amide bonds. The Morgan fingerprint density at radius 2 is 1.49 bits per heavy atom. The number of fused-ring (bicyclic) bond motifs is 1. The number of alkyl halides is 5. The van der Waals surface area contributed by atoms with Crippen molar-refractivity contribution in [2.45, 2.75) is 123 Å². The van der Waals surface area contributed by atoms with Crippen LogP contribution in [-0.2, 0) is 16.0 Å². The Labute approximate surface area is 296 Å². The first-order valence-corrected chi connectivity index (χ1v) is 17.3. The molecule has 0 aliphatic carbocycles. The van der Waals surface area contributed by atoms with Crippen molar-refractivity contribution in [1.82, 2.24) is 0 Å². The van der Waals surface area contributed by atoms with E-state index in [1.807, 2.05) is 6.92 Å². The highest BCUT2D eigenvalue weighted by Crippen LogP contribution is 2.39. The fraction of sp³-hybridized carbons (Fsp3) is 0.579. The summed E-state index contributed by atoms with van der Waals surface area (Å²) in [4.78, 5) is 25.9. The number of unbranched alkanes of at least 4 members (excludes halogenated alkanes) is 2. The number of hydrogen-bond donors (Lipinski definition) is 2. The molecule has 0 spiro atoms. The van der Waals surface area contributed by atoms with E-state index in [-0.39, 0.29) is 54.9 Å². The third-order valence-corrected chi connectivity index (χ3v) is 8.90. The standard InChI is InChI=1S/C38H51F5N2O6/c1-7-8-9-12-25-13-16-28(31(21-25)51-38(41,42)43)29-22-26-14-15-27(23-30(26)50-32(29)46)48-19-10-17-37(39,40)18-11-20-49-33(47)36(6,35(4,5)45)24-34(2,3)44/h13-16,21-23H,7-12,17-20,24,44-45H2,1-6H3. The van der Waals surface area contributed by atoms with Crippen LogP contribution in [0, 0.1) is 5.41 Å². The summed E-state index contributed by atoms with van der Waals surface area (Å²) in [6.07, 6.45) is -2.48. The minimum Gasteiger partial charge on any atom is -0.493 e. The van der Waals surface area contributed by atoms with Crippen LogP contribution in [0.1, 0.15) is 98.5 Å². The largest absolute Gasteiger partial charge is 0.573 e. The van der Waals surface area contributed by atoms with E-state index in [1.54, 1.807) is 52.8 Å². The number of carbonyl (C=O) groups is 1. The van der Waals surface area contributed by atoms with Crippen molar-refractivity contribution in [2.24, 2.45) is 16.9 Å². The number of rotatable bonds is 19. The number of benzene rings is 2. The zero-order valence-corrected chi connectivity index (χ0v) is 30.3. The average molecular weight is 727 g/mol. The Kier molecular flexibility index (Phi) is 13.7. The molecule has 3 aromatic rings. The van der Waals surface area contributed by atoms with E-state index < -0.39 is 59.0 Å². The van der Waals surface area contributed by atoms with Crippen molar-refractivity contribution < 1.29 is 45.4 Å². The number of aryl methyl sites for hydroxylation is 1. The summed E-state index contributed by atoms with van der Waals surface area (Å²) in [5, 5.41) is 0.413. The van der Waals surface area contributed by atoms with Crippen molar-refractivity contribution in [3.63, 3.8) is 0 Å². The molecule has 4 N–H and O–H groups in total. The fourth-order valence-electron chi connectivity index (χ4n) is 5.88. The molecule has 13 heteroatoms. The number of esters is 1.